The fourth-order valence-corrected chi connectivity index (χ4v) is 3.78. The molecule has 0 aliphatic rings. The zero-order chi connectivity index (χ0) is 21.0. The first-order valence-corrected chi connectivity index (χ1v) is 9.99. The summed E-state index contributed by atoms with van der Waals surface area (Å²) in [4.78, 5) is 23.1. The summed E-state index contributed by atoms with van der Waals surface area (Å²) in [6, 6.07) is 18.4. The summed E-state index contributed by atoms with van der Waals surface area (Å²) in [6.07, 6.45) is 0. The molecule has 0 saturated carbocycles. The van der Waals surface area contributed by atoms with Crippen molar-refractivity contribution in [3.63, 3.8) is 0 Å². The number of sulfonamides is 1. The summed E-state index contributed by atoms with van der Waals surface area (Å²) in [5.74, 6) is -0.654. The standard InChI is InChI=1S/C20H17N3O5S/c1-14-6-5-9-18(19(14)23(25)26)20(24)21-15-10-12-17(13-11-15)29(27,28)22-16-7-3-2-4-8-16/h2-13,22H,1H3,(H,21,24). The van der Waals surface area contributed by atoms with Gasteiger partial charge in [-0.1, -0.05) is 30.3 Å². The smallest absolute Gasteiger partial charge is 0.285 e. The number of nitro groups is 1. The predicted molar refractivity (Wildman–Crippen MR) is 109 cm³/mol. The number of nitro benzene ring substituents is 1. The van der Waals surface area contributed by atoms with Crippen molar-refractivity contribution in [2.75, 3.05) is 10.0 Å². The third kappa shape index (κ3) is 4.58. The number of hydrogen-bond donors (Lipinski definition) is 2. The van der Waals surface area contributed by atoms with Gasteiger partial charge in [0.15, 0.2) is 0 Å². The Bertz CT molecular complexity index is 1160. The molecule has 0 aromatic heterocycles. The number of nitrogens with zero attached hydrogens (tertiary/aromatic N) is 1. The summed E-state index contributed by atoms with van der Waals surface area (Å²) in [6.45, 7) is 1.55. The number of para-hydroxylation sites is 2. The molecule has 0 saturated heterocycles. The molecule has 9 heteroatoms. The maximum atomic E-state index is 12.5. The van der Waals surface area contributed by atoms with Gasteiger partial charge in [0.2, 0.25) is 0 Å². The fraction of sp³-hybridized carbons (Fsp3) is 0.0500. The number of aryl methyl sites for hydroxylation is 1. The third-order valence-electron chi connectivity index (χ3n) is 4.11. The van der Waals surface area contributed by atoms with E-state index in [1.807, 2.05) is 0 Å². The molecular weight excluding hydrogens is 394 g/mol. The van der Waals surface area contributed by atoms with E-state index in [2.05, 4.69) is 10.0 Å². The molecule has 0 radical (unpaired) electrons. The molecule has 2 N–H and O–H groups in total. The van der Waals surface area contributed by atoms with E-state index in [1.165, 1.54) is 30.3 Å². The van der Waals surface area contributed by atoms with Gasteiger partial charge >= 0.3 is 0 Å². The molecule has 0 heterocycles. The molecule has 0 aliphatic carbocycles. The zero-order valence-electron chi connectivity index (χ0n) is 15.3. The van der Waals surface area contributed by atoms with Crippen LogP contribution in [-0.2, 0) is 10.0 Å². The molecule has 0 bridgehead atoms. The van der Waals surface area contributed by atoms with Crippen molar-refractivity contribution in [1.82, 2.24) is 0 Å². The van der Waals surface area contributed by atoms with Crippen LogP contribution in [0.1, 0.15) is 15.9 Å². The number of rotatable bonds is 6. The minimum absolute atomic E-state index is 0.0147. The monoisotopic (exact) mass is 411 g/mol. The number of nitrogens with one attached hydrogen (secondary N) is 2. The largest absolute Gasteiger partial charge is 0.322 e. The highest BCUT2D eigenvalue weighted by Gasteiger charge is 2.22. The second-order valence-corrected chi connectivity index (χ2v) is 7.86. The molecule has 0 aliphatic heterocycles. The number of amides is 1. The lowest BCUT2D eigenvalue weighted by molar-refractivity contribution is -0.385. The van der Waals surface area contributed by atoms with Crippen LogP contribution < -0.4 is 10.0 Å². The van der Waals surface area contributed by atoms with Gasteiger partial charge in [-0.15, -0.1) is 0 Å². The molecule has 1 amide bonds. The topological polar surface area (TPSA) is 118 Å². The van der Waals surface area contributed by atoms with E-state index in [4.69, 9.17) is 0 Å². The van der Waals surface area contributed by atoms with E-state index < -0.39 is 20.9 Å². The Hall–Kier alpha value is -3.72. The molecular formula is C20H17N3O5S. The van der Waals surface area contributed by atoms with Crippen LogP contribution in [0.5, 0.6) is 0 Å². The quantitative estimate of drug-likeness (QED) is 0.470. The molecule has 3 aromatic rings. The van der Waals surface area contributed by atoms with E-state index in [0.717, 1.165) is 0 Å². The summed E-state index contributed by atoms with van der Waals surface area (Å²) in [5, 5.41) is 13.8. The number of benzene rings is 3. The number of hydrogen-bond acceptors (Lipinski definition) is 5. The molecule has 0 unspecified atom stereocenters. The van der Waals surface area contributed by atoms with E-state index in [-0.39, 0.29) is 16.1 Å². The van der Waals surface area contributed by atoms with Crippen molar-refractivity contribution in [1.29, 1.82) is 0 Å². The van der Waals surface area contributed by atoms with Crippen molar-refractivity contribution < 1.29 is 18.1 Å². The second-order valence-electron chi connectivity index (χ2n) is 6.18. The Morgan fingerprint density at radius 2 is 1.55 bits per heavy atom. The highest BCUT2D eigenvalue weighted by molar-refractivity contribution is 7.92. The molecule has 0 spiro atoms. The van der Waals surface area contributed by atoms with Crippen molar-refractivity contribution in [2.24, 2.45) is 0 Å². The van der Waals surface area contributed by atoms with Gasteiger partial charge in [-0.05, 0) is 49.4 Å². The van der Waals surface area contributed by atoms with Crippen LogP contribution in [0.15, 0.2) is 77.7 Å². The first kappa shape index (κ1) is 20.0. The van der Waals surface area contributed by atoms with Gasteiger partial charge in [0.25, 0.3) is 21.6 Å². The van der Waals surface area contributed by atoms with Crippen LogP contribution in [0.2, 0.25) is 0 Å². The molecule has 3 rings (SSSR count). The number of carbonyl (C=O) groups is 1. The number of carbonyl (C=O) groups excluding carboxylic acids is 1. The minimum atomic E-state index is -3.79. The van der Waals surface area contributed by atoms with Gasteiger partial charge in [-0.25, -0.2) is 8.42 Å². The number of anilines is 2. The van der Waals surface area contributed by atoms with Crippen molar-refractivity contribution in [2.45, 2.75) is 11.8 Å². The Kier molecular flexibility index (Phi) is 5.60. The van der Waals surface area contributed by atoms with Crippen LogP contribution in [0, 0.1) is 17.0 Å². The lowest BCUT2D eigenvalue weighted by Crippen LogP contribution is -2.15. The van der Waals surface area contributed by atoms with E-state index in [9.17, 15) is 23.3 Å². The molecule has 3 aromatic carbocycles. The minimum Gasteiger partial charge on any atom is -0.322 e. The van der Waals surface area contributed by atoms with E-state index in [0.29, 0.717) is 16.9 Å². The summed E-state index contributed by atoms with van der Waals surface area (Å²) in [7, 11) is -3.79. The maximum absolute atomic E-state index is 12.5. The second kappa shape index (κ2) is 8.11. The summed E-state index contributed by atoms with van der Waals surface area (Å²) in [5.41, 5.74) is 0.769. The van der Waals surface area contributed by atoms with Crippen LogP contribution in [0.25, 0.3) is 0 Å². The van der Waals surface area contributed by atoms with E-state index >= 15 is 0 Å². The summed E-state index contributed by atoms with van der Waals surface area (Å²) < 4.78 is 27.3. The average molecular weight is 411 g/mol. The van der Waals surface area contributed by atoms with Gasteiger partial charge in [0.05, 0.1) is 9.82 Å². The van der Waals surface area contributed by atoms with Crippen molar-refractivity contribution >= 4 is 33.0 Å². The highest BCUT2D eigenvalue weighted by Crippen LogP contribution is 2.24. The molecule has 148 valence electrons. The van der Waals surface area contributed by atoms with Crippen LogP contribution in [0.4, 0.5) is 17.1 Å². The Morgan fingerprint density at radius 1 is 0.897 bits per heavy atom. The predicted octanol–water partition coefficient (Wildman–Crippen LogP) is 3.96. The lowest BCUT2D eigenvalue weighted by atomic mass is 10.1. The van der Waals surface area contributed by atoms with Gasteiger partial charge < -0.3 is 5.32 Å². The van der Waals surface area contributed by atoms with Crippen LogP contribution >= 0.6 is 0 Å². The Balaban J connectivity index is 1.79. The fourth-order valence-electron chi connectivity index (χ4n) is 2.72. The average Bonchev–Trinajstić information content (AvgIpc) is 2.68. The maximum Gasteiger partial charge on any atom is 0.285 e. The Morgan fingerprint density at radius 3 is 2.17 bits per heavy atom. The SMILES string of the molecule is Cc1cccc(C(=O)Nc2ccc(S(=O)(=O)Nc3ccccc3)cc2)c1[N+](=O)[O-]. The summed E-state index contributed by atoms with van der Waals surface area (Å²) >= 11 is 0. The Labute approximate surface area is 167 Å². The van der Waals surface area contributed by atoms with Gasteiger partial charge in [0.1, 0.15) is 5.56 Å². The molecule has 0 atom stereocenters. The zero-order valence-corrected chi connectivity index (χ0v) is 16.1. The normalized spacial score (nSPS) is 10.9. The third-order valence-corrected chi connectivity index (χ3v) is 5.51. The van der Waals surface area contributed by atoms with Crippen LogP contribution in [-0.4, -0.2) is 19.2 Å². The molecule has 8 nitrogen and oxygen atoms in total. The van der Waals surface area contributed by atoms with Crippen molar-refractivity contribution in [3.8, 4) is 0 Å². The first-order chi connectivity index (χ1) is 13.8. The van der Waals surface area contributed by atoms with E-state index in [1.54, 1.807) is 49.4 Å². The highest BCUT2D eigenvalue weighted by atomic mass is 32.2. The van der Waals surface area contributed by atoms with Gasteiger partial charge in [-0.2, -0.15) is 0 Å². The van der Waals surface area contributed by atoms with Crippen LogP contribution in [0.3, 0.4) is 0 Å². The first-order valence-electron chi connectivity index (χ1n) is 8.51. The lowest BCUT2D eigenvalue weighted by Gasteiger charge is -2.10. The molecule has 29 heavy (non-hydrogen) atoms. The van der Waals surface area contributed by atoms with Gasteiger partial charge in [0, 0.05) is 16.9 Å². The van der Waals surface area contributed by atoms with Gasteiger partial charge in [-0.3, -0.25) is 19.6 Å². The molecule has 0 fully saturated rings. The van der Waals surface area contributed by atoms with Crippen molar-refractivity contribution in [3.05, 3.63) is 94.0 Å².